The van der Waals surface area contributed by atoms with Crippen molar-refractivity contribution in [3.05, 3.63) is 56.9 Å². The number of nitro groups is 1. The number of aliphatic hydroxyl groups is 1. The third-order valence-corrected chi connectivity index (χ3v) is 5.87. The number of aromatic nitrogens is 1. The highest BCUT2D eigenvalue weighted by molar-refractivity contribution is 6.07. The molecule has 0 spiro atoms. The fourth-order valence-corrected chi connectivity index (χ4v) is 4.10. The monoisotopic (exact) mass is 500 g/mol. The first kappa shape index (κ1) is 28.9. The first-order chi connectivity index (χ1) is 17.3. The molecule has 0 atom stereocenters. The van der Waals surface area contributed by atoms with Gasteiger partial charge in [-0.25, -0.2) is 9.59 Å². The maximum Gasteiger partial charge on any atom is 0.340 e. The van der Waals surface area contributed by atoms with Crippen LogP contribution in [0.25, 0.3) is 11.1 Å². The number of carbonyl (C=O) groups excluding carboxylic acids is 2. The zero-order chi connectivity index (χ0) is 26.5. The molecule has 0 amide bonds. The third-order valence-electron chi connectivity index (χ3n) is 5.87. The van der Waals surface area contributed by atoms with Gasteiger partial charge in [0.25, 0.3) is 5.69 Å². The van der Waals surface area contributed by atoms with Crippen molar-refractivity contribution in [3.63, 3.8) is 0 Å². The lowest BCUT2D eigenvalue weighted by molar-refractivity contribution is -0.384. The molecule has 1 N–H and O–H groups in total. The van der Waals surface area contributed by atoms with E-state index < -0.39 is 16.9 Å². The number of non-ortho nitro benzene ring substituents is 1. The lowest BCUT2D eigenvalue weighted by Gasteiger charge is -2.18. The summed E-state index contributed by atoms with van der Waals surface area (Å²) >= 11 is 0. The molecule has 0 aliphatic heterocycles. The lowest BCUT2D eigenvalue weighted by atomic mass is 9.92. The normalized spacial score (nSPS) is 10.8. The molecule has 0 aliphatic rings. The van der Waals surface area contributed by atoms with E-state index in [2.05, 4.69) is 11.9 Å². The number of aliphatic hydroxyl groups excluding tert-OH is 1. The number of unbranched alkanes of at least 4 members (excludes halogenated alkanes) is 7. The summed E-state index contributed by atoms with van der Waals surface area (Å²) in [5, 5.41) is 20.5. The van der Waals surface area contributed by atoms with Crippen molar-refractivity contribution in [2.45, 2.75) is 72.1 Å². The second kappa shape index (κ2) is 14.9. The molecule has 0 saturated carbocycles. The zero-order valence-electron chi connectivity index (χ0n) is 21.4. The van der Waals surface area contributed by atoms with Crippen LogP contribution < -0.4 is 0 Å². The quantitative estimate of drug-likeness (QED) is 0.142. The maximum atomic E-state index is 13.2. The van der Waals surface area contributed by atoms with Gasteiger partial charge in [-0.15, -0.1) is 0 Å². The van der Waals surface area contributed by atoms with Crippen LogP contribution in [0, 0.1) is 24.0 Å². The first-order valence-electron chi connectivity index (χ1n) is 12.5. The van der Waals surface area contributed by atoms with Crippen LogP contribution in [0.4, 0.5) is 5.69 Å². The first-order valence-corrected chi connectivity index (χ1v) is 12.5. The molecular formula is C27H36N2O7. The van der Waals surface area contributed by atoms with Gasteiger partial charge in [-0.1, -0.05) is 64.0 Å². The third kappa shape index (κ3) is 8.12. The lowest BCUT2D eigenvalue weighted by Crippen LogP contribution is -2.18. The summed E-state index contributed by atoms with van der Waals surface area (Å²) in [6.45, 7) is 5.02. The molecule has 196 valence electrons. The molecular weight excluding hydrogens is 464 g/mol. The summed E-state index contributed by atoms with van der Waals surface area (Å²) in [5.74, 6) is -1.44. The number of hydrogen-bond donors (Lipinski definition) is 1. The average Bonchev–Trinajstić information content (AvgIpc) is 2.85. The Kier molecular flexibility index (Phi) is 12.0. The van der Waals surface area contributed by atoms with Crippen LogP contribution >= 0.6 is 0 Å². The molecule has 0 saturated heterocycles. The topological polar surface area (TPSA) is 129 Å². The highest BCUT2D eigenvalue weighted by Crippen LogP contribution is 2.34. The number of rotatable bonds is 15. The SMILES string of the molecule is CCCCCCCCCCOC(=O)c1c(C)nc(C)c(C(=O)OCCO)c1-c1cccc([N+](=O)[O-])c1. The molecule has 9 nitrogen and oxygen atoms in total. The minimum Gasteiger partial charge on any atom is -0.462 e. The standard InChI is InChI=1S/C27H36N2O7/c1-4-5-6-7-8-9-10-11-16-35-26(31)23-19(2)28-20(3)24(27(32)36-17-15-30)25(23)21-13-12-14-22(18-21)29(33)34/h12-14,18,30H,4-11,15-17H2,1-3H3. The number of pyridine rings is 1. The molecule has 0 aliphatic carbocycles. The Morgan fingerprint density at radius 2 is 1.47 bits per heavy atom. The van der Waals surface area contributed by atoms with Crippen molar-refractivity contribution in [2.24, 2.45) is 0 Å². The maximum absolute atomic E-state index is 13.2. The zero-order valence-corrected chi connectivity index (χ0v) is 21.4. The van der Waals surface area contributed by atoms with Crippen molar-refractivity contribution in [2.75, 3.05) is 19.8 Å². The number of hydrogen-bond acceptors (Lipinski definition) is 8. The Bertz CT molecular complexity index is 1050. The molecule has 1 aromatic heterocycles. The Labute approximate surface area is 212 Å². The van der Waals surface area contributed by atoms with E-state index in [0.29, 0.717) is 17.0 Å². The smallest absolute Gasteiger partial charge is 0.340 e. The van der Waals surface area contributed by atoms with Crippen LogP contribution in [0.15, 0.2) is 24.3 Å². The van der Waals surface area contributed by atoms with Gasteiger partial charge in [0, 0.05) is 17.7 Å². The minimum atomic E-state index is -0.785. The van der Waals surface area contributed by atoms with Crippen LogP contribution in [-0.2, 0) is 9.47 Å². The van der Waals surface area contributed by atoms with Gasteiger partial charge in [-0.05, 0) is 25.8 Å². The summed E-state index contributed by atoms with van der Waals surface area (Å²) in [7, 11) is 0. The largest absolute Gasteiger partial charge is 0.462 e. The molecule has 9 heteroatoms. The highest BCUT2D eigenvalue weighted by atomic mass is 16.6. The molecule has 2 aromatic rings. The fraction of sp³-hybridized carbons (Fsp3) is 0.519. The van der Waals surface area contributed by atoms with Gasteiger partial charge in [-0.2, -0.15) is 0 Å². The Balaban J connectivity index is 2.32. The van der Waals surface area contributed by atoms with E-state index in [9.17, 15) is 19.7 Å². The number of esters is 2. The van der Waals surface area contributed by atoms with Crippen LogP contribution in [0.3, 0.4) is 0 Å². The van der Waals surface area contributed by atoms with E-state index >= 15 is 0 Å². The van der Waals surface area contributed by atoms with Crippen molar-refractivity contribution in [1.82, 2.24) is 4.98 Å². The number of aryl methyl sites for hydroxylation is 2. The van der Waals surface area contributed by atoms with Crippen molar-refractivity contribution in [1.29, 1.82) is 0 Å². The van der Waals surface area contributed by atoms with Crippen molar-refractivity contribution >= 4 is 17.6 Å². The minimum absolute atomic E-state index is 0.00794. The van der Waals surface area contributed by atoms with Crippen LogP contribution in [0.5, 0.6) is 0 Å². The second-order valence-electron chi connectivity index (χ2n) is 8.69. The Morgan fingerprint density at radius 3 is 2.03 bits per heavy atom. The van der Waals surface area contributed by atoms with E-state index in [1.54, 1.807) is 19.9 Å². The van der Waals surface area contributed by atoms with E-state index in [0.717, 1.165) is 25.7 Å². The van der Waals surface area contributed by atoms with Gasteiger partial charge in [0.2, 0.25) is 0 Å². The van der Waals surface area contributed by atoms with E-state index in [4.69, 9.17) is 14.6 Å². The Morgan fingerprint density at radius 1 is 0.917 bits per heavy atom. The van der Waals surface area contributed by atoms with Gasteiger partial charge < -0.3 is 14.6 Å². The summed E-state index contributed by atoms with van der Waals surface area (Å²) in [4.78, 5) is 41.3. The highest BCUT2D eigenvalue weighted by Gasteiger charge is 2.28. The van der Waals surface area contributed by atoms with Gasteiger partial charge in [0.15, 0.2) is 0 Å². The van der Waals surface area contributed by atoms with Gasteiger partial charge in [0.05, 0.1) is 40.7 Å². The van der Waals surface area contributed by atoms with Gasteiger partial charge in [0.1, 0.15) is 6.61 Å². The summed E-state index contributed by atoms with van der Waals surface area (Å²) in [6, 6.07) is 5.69. The molecule has 1 aromatic carbocycles. The number of nitrogens with zero attached hydrogens (tertiary/aromatic N) is 2. The van der Waals surface area contributed by atoms with Gasteiger partial charge >= 0.3 is 11.9 Å². The molecule has 0 fully saturated rings. The Hall–Kier alpha value is -3.33. The summed E-state index contributed by atoms with van der Waals surface area (Å²) in [5.41, 5.74) is 1.00. The van der Waals surface area contributed by atoms with Crippen molar-refractivity contribution < 1.29 is 29.1 Å². The molecule has 0 unspecified atom stereocenters. The predicted molar refractivity (Wildman–Crippen MR) is 136 cm³/mol. The molecule has 36 heavy (non-hydrogen) atoms. The van der Waals surface area contributed by atoms with E-state index in [-0.39, 0.29) is 42.2 Å². The van der Waals surface area contributed by atoms with Crippen LogP contribution in [0.1, 0.15) is 90.4 Å². The van der Waals surface area contributed by atoms with Crippen molar-refractivity contribution in [3.8, 4) is 11.1 Å². The van der Waals surface area contributed by atoms with E-state index in [1.165, 1.54) is 43.9 Å². The number of ether oxygens (including phenoxy) is 2. The van der Waals surface area contributed by atoms with Gasteiger partial charge in [-0.3, -0.25) is 15.1 Å². The fourth-order valence-electron chi connectivity index (χ4n) is 4.10. The summed E-state index contributed by atoms with van der Waals surface area (Å²) < 4.78 is 10.7. The molecule has 1 heterocycles. The number of carbonyl (C=O) groups is 2. The average molecular weight is 501 g/mol. The molecule has 2 rings (SSSR count). The number of nitro benzene ring substituents is 1. The van der Waals surface area contributed by atoms with Crippen LogP contribution in [-0.4, -0.2) is 46.8 Å². The second-order valence-corrected chi connectivity index (χ2v) is 8.69. The van der Waals surface area contributed by atoms with E-state index in [1.807, 2.05) is 0 Å². The number of benzene rings is 1. The molecule has 0 radical (unpaired) electrons. The van der Waals surface area contributed by atoms with Crippen LogP contribution in [0.2, 0.25) is 0 Å². The summed E-state index contributed by atoms with van der Waals surface area (Å²) in [6.07, 6.45) is 8.82. The predicted octanol–water partition coefficient (Wildman–Crippen LogP) is 5.72. The molecule has 0 bridgehead atoms.